The summed E-state index contributed by atoms with van der Waals surface area (Å²) in [5, 5.41) is -0.191. The van der Waals surface area contributed by atoms with E-state index in [1.165, 1.54) is 0 Å². The molecule has 1 saturated carbocycles. The molecular formula is C20H31ClN2O3S. The fourth-order valence-corrected chi connectivity index (χ4v) is 5.89. The third-order valence-electron chi connectivity index (χ3n) is 4.64. The molecule has 7 heteroatoms. The normalized spacial score (nSPS) is 20.3. The molecule has 0 saturated heterocycles. The highest BCUT2D eigenvalue weighted by atomic mass is 35.5. The maximum atomic E-state index is 13.2. The van der Waals surface area contributed by atoms with Crippen molar-refractivity contribution < 1.29 is 12.8 Å². The summed E-state index contributed by atoms with van der Waals surface area (Å²) in [7, 11) is 0.459. The number of benzene rings is 1. The second-order valence-electron chi connectivity index (χ2n) is 8.26. The Morgan fingerprint density at radius 3 is 2.33 bits per heavy atom. The predicted octanol–water partition coefficient (Wildman–Crippen LogP) is 4.92. The number of fused-ring (bicyclic) bond motifs is 1. The zero-order valence-corrected chi connectivity index (χ0v) is 18.9. The largest absolute Gasteiger partial charge is 0.439 e. The van der Waals surface area contributed by atoms with Gasteiger partial charge < -0.3 is 9.32 Å². The average molecular weight is 415 g/mol. The average Bonchev–Trinajstić information content (AvgIpc) is 2.95. The maximum Gasteiger partial charge on any atom is 0.200 e. The van der Waals surface area contributed by atoms with E-state index in [2.05, 4.69) is 9.88 Å². The summed E-state index contributed by atoms with van der Waals surface area (Å²) in [4.78, 5) is 6.65. The number of aromatic nitrogens is 1. The van der Waals surface area contributed by atoms with Crippen molar-refractivity contribution >= 4 is 32.5 Å². The van der Waals surface area contributed by atoms with Gasteiger partial charge in [0.05, 0.1) is 10.3 Å². The topological polar surface area (TPSA) is 63.4 Å². The first-order chi connectivity index (χ1) is 12.5. The standard InChI is InChI=1S/C18H25ClN2O3S.C2H6/c1-18(2,3)17-20-14-7-6-13(19)16(15(14)24-17)25(22,23)12-8-11(9-12)10-21(4)5;1-2/h6-7,11-12H,8-10H2,1-5H3;1-2H3. The molecule has 2 aromatic rings. The van der Waals surface area contributed by atoms with E-state index in [1.807, 2.05) is 48.7 Å². The molecule has 1 aliphatic rings. The fourth-order valence-electron chi connectivity index (χ4n) is 3.29. The van der Waals surface area contributed by atoms with Crippen molar-refractivity contribution in [2.24, 2.45) is 5.92 Å². The van der Waals surface area contributed by atoms with Gasteiger partial charge in [-0.15, -0.1) is 0 Å². The molecule has 0 aliphatic heterocycles. The van der Waals surface area contributed by atoms with E-state index in [0.717, 1.165) is 6.54 Å². The molecule has 0 atom stereocenters. The highest BCUT2D eigenvalue weighted by molar-refractivity contribution is 7.92. The number of rotatable bonds is 4. The van der Waals surface area contributed by atoms with Crippen LogP contribution in [-0.2, 0) is 15.3 Å². The molecule has 3 rings (SSSR count). The van der Waals surface area contributed by atoms with E-state index >= 15 is 0 Å². The number of hydrogen-bond donors (Lipinski definition) is 0. The third-order valence-corrected chi connectivity index (χ3v) is 7.31. The van der Waals surface area contributed by atoms with Crippen molar-refractivity contribution in [2.45, 2.75) is 63.0 Å². The smallest absolute Gasteiger partial charge is 0.200 e. The molecule has 27 heavy (non-hydrogen) atoms. The van der Waals surface area contributed by atoms with Gasteiger partial charge in [0, 0.05) is 12.0 Å². The highest BCUT2D eigenvalue weighted by Gasteiger charge is 2.42. The molecule has 1 aromatic carbocycles. The van der Waals surface area contributed by atoms with Crippen LogP contribution in [0.3, 0.4) is 0 Å². The molecule has 0 N–H and O–H groups in total. The SMILES string of the molecule is CC.CN(C)CC1CC(S(=O)(=O)c2c(Cl)ccc3nc(C(C)(C)C)oc23)C1. The summed E-state index contributed by atoms with van der Waals surface area (Å²) in [5.41, 5.74) is 0.519. The van der Waals surface area contributed by atoms with Crippen molar-refractivity contribution in [3.63, 3.8) is 0 Å². The Balaban J connectivity index is 0.00000126. The Bertz CT molecular complexity index is 892. The van der Waals surface area contributed by atoms with Crippen molar-refractivity contribution in [3.05, 3.63) is 23.0 Å². The molecule has 5 nitrogen and oxygen atoms in total. The first-order valence-corrected chi connectivity index (χ1v) is 11.4. The lowest BCUT2D eigenvalue weighted by Crippen LogP contribution is -2.40. The van der Waals surface area contributed by atoms with Gasteiger partial charge in [0.1, 0.15) is 10.4 Å². The Hall–Kier alpha value is -1.11. The third kappa shape index (κ3) is 4.49. The van der Waals surface area contributed by atoms with Gasteiger partial charge in [0.15, 0.2) is 15.4 Å². The predicted molar refractivity (Wildman–Crippen MR) is 111 cm³/mol. The highest BCUT2D eigenvalue weighted by Crippen LogP contribution is 2.42. The van der Waals surface area contributed by atoms with Crippen molar-refractivity contribution in [3.8, 4) is 0 Å². The van der Waals surface area contributed by atoms with E-state index in [-0.39, 0.29) is 20.9 Å². The minimum absolute atomic E-state index is 0.1000. The molecule has 1 fully saturated rings. The summed E-state index contributed by atoms with van der Waals surface area (Å²) in [5.74, 6) is 0.924. The molecule has 1 heterocycles. The molecule has 1 aliphatic carbocycles. The second-order valence-corrected chi connectivity index (χ2v) is 10.8. The summed E-state index contributed by atoms with van der Waals surface area (Å²) >= 11 is 6.28. The minimum atomic E-state index is -3.54. The van der Waals surface area contributed by atoms with Gasteiger partial charge in [-0.25, -0.2) is 13.4 Å². The van der Waals surface area contributed by atoms with Crippen molar-refractivity contribution in [2.75, 3.05) is 20.6 Å². The van der Waals surface area contributed by atoms with Gasteiger partial charge in [-0.2, -0.15) is 0 Å². The van der Waals surface area contributed by atoms with Gasteiger partial charge in [-0.05, 0) is 45.0 Å². The molecule has 152 valence electrons. The first-order valence-electron chi connectivity index (χ1n) is 9.48. The van der Waals surface area contributed by atoms with Crippen molar-refractivity contribution in [1.29, 1.82) is 0 Å². The molecule has 1 aromatic heterocycles. The molecule has 0 radical (unpaired) electrons. The lowest BCUT2D eigenvalue weighted by Gasteiger charge is -2.36. The van der Waals surface area contributed by atoms with Crippen LogP contribution in [0.1, 0.15) is 53.4 Å². The first kappa shape index (κ1) is 22.2. The van der Waals surface area contributed by atoms with Crippen LogP contribution >= 0.6 is 11.6 Å². The van der Waals surface area contributed by atoms with Crippen LogP contribution in [0.25, 0.3) is 11.1 Å². The van der Waals surface area contributed by atoms with Crippen LogP contribution < -0.4 is 0 Å². The van der Waals surface area contributed by atoms with Gasteiger partial charge in [0.25, 0.3) is 0 Å². The Morgan fingerprint density at radius 2 is 1.81 bits per heavy atom. The summed E-state index contributed by atoms with van der Waals surface area (Å²) < 4.78 is 32.2. The number of halogens is 1. The fraction of sp³-hybridized carbons (Fsp3) is 0.650. The van der Waals surface area contributed by atoms with Crippen LogP contribution in [0.5, 0.6) is 0 Å². The molecule has 0 unspecified atom stereocenters. The van der Waals surface area contributed by atoms with Gasteiger partial charge in [-0.3, -0.25) is 0 Å². The van der Waals surface area contributed by atoms with E-state index in [4.69, 9.17) is 16.0 Å². The molecule has 0 amide bonds. The summed E-state index contributed by atoms with van der Waals surface area (Å²) in [6.07, 6.45) is 1.32. The van der Waals surface area contributed by atoms with E-state index in [0.29, 0.717) is 30.2 Å². The number of sulfone groups is 1. The van der Waals surface area contributed by atoms with Crippen LogP contribution in [0.15, 0.2) is 21.4 Å². The molecule has 0 spiro atoms. The summed E-state index contributed by atoms with van der Waals surface area (Å²) in [6.45, 7) is 10.8. The lowest BCUT2D eigenvalue weighted by molar-refractivity contribution is 0.232. The van der Waals surface area contributed by atoms with Gasteiger partial charge in [-0.1, -0.05) is 46.2 Å². The Kier molecular flexibility index (Phi) is 6.65. The molecular weight excluding hydrogens is 384 g/mol. The van der Waals surface area contributed by atoms with Crippen molar-refractivity contribution in [1.82, 2.24) is 9.88 Å². The Morgan fingerprint density at radius 1 is 1.22 bits per heavy atom. The second kappa shape index (κ2) is 8.10. The zero-order chi connectivity index (χ0) is 20.6. The van der Waals surface area contributed by atoms with E-state index in [9.17, 15) is 8.42 Å². The maximum absolute atomic E-state index is 13.2. The van der Waals surface area contributed by atoms with E-state index in [1.54, 1.807) is 12.1 Å². The Labute approximate surface area is 168 Å². The van der Waals surface area contributed by atoms with Gasteiger partial charge in [0.2, 0.25) is 5.89 Å². The summed E-state index contributed by atoms with van der Waals surface area (Å²) in [6, 6.07) is 3.31. The zero-order valence-electron chi connectivity index (χ0n) is 17.3. The van der Waals surface area contributed by atoms with Crippen LogP contribution in [-0.4, -0.2) is 44.2 Å². The van der Waals surface area contributed by atoms with Crippen LogP contribution in [0.4, 0.5) is 0 Å². The number of nitrogens with zero attached hydrogens (tertiary/aromatic N) is 2. The minimum Gasteiger partial charge on any atom is -0.439 e. The van der Waals surface area contributed by atoms with Crippen LogP contribution in [0, 0.1) is 5.92 Å². The number of hydrogen-bond acceptors (Lipinski definition) is 5. The van der Waals surface area contributed by atoms with E-state index < -0.39 is 15.1 Å². The lowest BCUT2D eigenvalue weighted by atomic mass is 9.84. The monoisotopic (exact) mass is 414 g/mol. The van der Waals surface area contributed by atoms with Crippen LogP contribution in [0.2, 0.25) is 5.02 Å². The number of oxazole rings is 1. The quantitative estimate of drug-likeness (QED) is 0.710. The molecule has 0 bridgehead atoms. The van der Waals surface area contributed by atoms with Gasteiger partial charge >= 0.3 is 0 Å².